The molecule has 3 N–H and O–H groups in total. The summed E-state index contributed by atoms with van der Waals surface area (Å²) in [7, 11) is 2.85. The zero-order chi connectivity index (χ0) is 35.5. The summed E-state index contributed by atoms with van der Waals surface area (Å²) in [5.41, 5.74) is 1.20. The average molecular weight is 681 g/mol. The third kappa shape index (κ3) is 8.87. The fraction of sp³-hybridized carbons (Fsp3) is 0.382. The highest BCUT2D eigenvalue weighted by molar-refractivity contribution is 6.06. The van der Waals surface area contributed by atoms with Gasteiger partial charge in [0.25, 0.3) is 5.91 Å². The normalized spacial score (nSPS) is 17.0. The number of amides is 4. The van der Waals surface area contributed by atoms with Gasteiger partial charge in [-0.05, 0) is 43.0 Å². The number of nitrogens with zero attached hydrogens (tertiary/aromatic N) is 2. The van der Waals surface area contributed by atoms with E-state index in [0.29, 0.717) is 36.4 Å². The first kappa shape index (κ1) is 36.3. The molecule has 2 aromatic carbocycles. The Morgan fingerprint density at radius 1 is 1.00 bits per heavy atom. The minimum atomic E-state index is -1.38. The maximum Gasteiger partial charge on any atom is 0.416 e. The van der Waals surface area contributed by atoms with Gasteiger partial charge in [-0.3, -0.25) is 9.59 Å². The molecule has 0 bridgehead atoms. The van der Waals surface area contributed by atoms with Crippen molar-refractivity contribution in [3.63, 3.8) is 0 Å². The van der Waals surface area contributed by atoms with E-state index in [1.165, 1.54) is 38.5 Å². The molecule has 2 heterocycles. The Morgan fingerprint density at radius 2 is 1.67 bits per heavy atom. The zero-order valence-electron chi connectivity index (χ0n) is 27.3. The second-order valence-electron chi connectivity index (χ2n) is 11.0. The van der Waals surface area contributed by atoms with Crippen molar-refractivity contribution < 1.29 is 52.8 Å². The van der Waals surface area contributed by atoms with E-state index < -0.39 is 42.4 Å². The van der Waals surface area contributed by atoms with E-state index in [1.54, 1.807) is 29.2 Å². The second-order valence-corrected chi connectivity index (χ2v) is 11.0. The van der Waals surface area contributed by atoms with Crippen molar-refractivity contribution in [2.75, 3.05) is 44.2 Å². The van der Waals surface area contributed by atoms with Crippen LogP contribution in [0, 0.1) is 0 Å². The maximum atomic E-state index is 13.5. The summed E-state index contributed by atoms with van der Waals surface area (Å²) in [6.45, 7) is 7.14. The lowest BCUT2D eigenvalue weighted by Crippen LogP contribution is -2.50. The van der Waals surface area contributed by atoms with E-state index in [4.69, 9.17) is 23.7 Å². The summed E-state index contributed by atoms with van der Waals surface area (Å²) < 4.78 is 26.3. The molecule has 2 aliphatic heterocycles. The Bertz CT molecular complexity index is 1560. The van der Waals surface area contributed by atoms with Gasteiger partial charge in [0.2, 0.25) is 0 Å². The molecule has 3 atom stereocenters. The maximum absolute atomic E-state index is 13.5. The number of benzene rings is 2. The SMILES string of the molecule is C=CCOC(=O)CCC(NC(=O)Nc1ccc(COC(=O)N2c3cc(OC)c(OC)cc3C(=O)N3CCC[C@H]3[C@@H]2O)cc1)C(=O)OCC=C. The number of aliphatic hydroxyl groups is 1. The number of urea groups is 1. The van der Waals surface area contributed by atoms with Gasteiger partial charge in [0.05, 0.1) is 31.5 Å². The Labute approximate surface area is 283 Å². The van der Waals surface area contributed by atoms with Crippen molar-refractivity contribution in [2.45, 2.75) is 50.6 Å². The third-order valence-corrected chi connectivity index (χ3v) is 7.86. The number of nitrogens with one attached hydrogen (secondary N) is 2. The molecule has 0 aromatic heterocycles. The molecule has 49 heavy (non-hydrogen) atoms. The summed E-state index contributed by atoms with van der Waals surface area (Å²) in [6.07, 6.45) is 1.49. The number of anilines is 2. The topological polar surface area (TPSA) is 182 Å². The van der Waals surface area contributed by atoms with Crippen LogP contribution < -0.4 is 25.0 Å². The second kappa shape index (κ2) is 17.0. The number of rotatable bonds is 14. The first-order valence-electron chi connectivity index (χ1n) is 15.5. The van der Waals surface area contributed by atoms with Gasteiger partial charge >= 0.3 is 24.1 Å². The summed E-state index contributed by atoms with van der Waals surface area (Å²) >= 11 is 0. The number of carbonyl (C=O) groups excluding carboxylic acids is 5. The van der Waals surface area contributed by atoms with Gasteiger partial charge < -0.3 is 44.3 Å². The Hall–Kier alpha value is -5.57. The number of ether oxygens (including phenoxy) is 5. The Balaban J connectivity index is 1.41. The van der Waals surface area contributed by atoms with E-state index in [2.05, 4.69) is 23.8 Å². The van der Waals surface area contributed by atoms with Crippen molar-refractivity contribution in [3.05, 3.63) is 72.8 Å². The van der Waals surface area contributed by atoms with E-state index in [1.807, 2.05) is 0 Å². The number of carbonyl (C=O) groups is 5. The van der Waals surface area contributed by atoms with Crippen LogP contribution in [-0.2, 0) is 30.4 Å². The zero-order valence-corrected chi connectivity index (χ0v) is 27.3. The average Bonchev–Trinajstić information content (AvgIpc) is 3.58. The lowest BCUT2D eigenvalue weighted by molar-refractivity contribution is -0.146. The highest BCUT2D eigenvalue weighted by atomic mass is 16.6. The number of methoxy groups -OCH3 is 2. The quantitative estimate of drug-likeness (QED) is 0.151. The molecule has 4 rings (SSSR count). The molecule has 15 nitrogen and oxygen atoms in total. The lowest BCUT2D eigenvalue weighted by Gasteiger charge is -2.31. The van der Waals surface area contributed by atoms with E-state index in [0.717, 1.165) is 4.90 Å². The van der Waals surface area contributed by atoms with Crippen LogP contribution in [0.15, 0.2) is 61.7 Å². The lowest BCUT2D eigenvalue weighted by atomic mass is 10.1. The molecule has 1 fully saturated rings. The molecular weight excluding hydrogens is 640 g/mol. The van der Waals surface area contributed by atoms with Crippen molar-refractivity contribution in [2.24, 2.45) is 0 Å². The standard InChI is InChI=1S/C34H40N4O11/c1-5-16-47-29(39)14-13-24(32(42)48-17-6-2)36-33(43)35-22-11-9-21(10-12-22)20-49-34(44)38-26-19-28(46-4)27(45-3)18-23(26)30(40)37-15-7-8-25(37)31(38)41/h5-6,9-12,18-19,24-25,31,41H,1-2,7-8,13-17,20H2,3-4H3,(H2,35,36,43)/t24?,25-,31-/m0/s1. The van der Waals surface area contributed by atoms with Gasteiger partial charge in [-0.2, -0.15) is 0 Å². The molecule has 262 valence electrons. The molecular formula is C34H40N4O11. The minimum absolute atomic E-state index is 0.0206. The predicted molar refractivity (Wildman–Crippen MR) is 176 cm³/mol. The molecule has 0 saturated carbocycles. The van der Waals surface area contributed by atoms with Gasteiger partial charge in [0.15, 0.2) is 17.7 Å². The molecule has 2 aliphatic rings. The van der Waals surface area contributed by atoms with Crippen LogP contribution in [0.3, 0.4) is 0 Å². The largest absolute Gasteiger partial charge is 0.493 e. The van der Waals surface area contributed by atoms with Crippen LogP contribution in [-0.4, -0.2) is 92.3 Å². The van der Waals surface area contributed by atoms with Crippen LogP contribution in [0.4, 0.5) is 21.0 Å². The summed E-state index contributed by atoms with van der Waals surface area (Å²) in [4.78, 5) is 66.7. The number of fused-ring (bicyclic) bond motifs is 2. The molecule has 2 aromatic rings. The first-order valence-corrected chi connectivity index (χ1v) is 15.5. The van der Waals surface area contributed by atoms with E-state index in [9.17, 15) is 29.1 Å². The molecule has 0 aliphatic carbocycles. The van der Waals surface area contributed by atoms with Crippen LogP contribution in [0.1, 0.15) is 41.6 Å². The molecule has 0 radical (unpaired) electrons. The number of hydrogen-bond donors (Lipinski definition) is 3. The molecule has 1 unspecified atom stereocenters. The van der Waals surface area contributed by atoms with Crippen LogP contribution in [0.5, 0.6) is 11.5 Å². The first-order chi connectivity index (χ1) is 23.6. The van der Waals surface area contributed by atoms with Gasteiger partial charge in [-0.15, -0.1) is 0 Å². The molecule has 0 spiro atoms. The van der Waals surface area contributed by atoms with Gasteiger partial charge in [0, 0.05) is 24.7 Å². The third-order valence-electron chi connectivity index (χ3n) is 7.86. The highest BCUT2D eigenvalue weighted by Gasteiger charge is 2.45. The summed E-state index contributed by atoms with van der Waals surface area (Å²) in [6, 6.07) is 6.78. The van der Waals surface area contributed by atoms with Crippen molar-refractivity contribution in [3.8, 4) is 11.5 Å². The number of aliphatic hydroxyl groups excluding tert-OH is 1. The molecule has 15 heteroatoms. The number of esters is 2. The molecule has 1 saturated heterocycles. The summed E-state index contributed by atoms with van der Waals surface area (Å²) in [5, 5.41) is 16.5. The van der Waals surface area contributed by atoms with Gasteiger partial charge in [-0.1, -0.05) is 37.4 Å². The monoisotopic (exact) mass is 680 g/mol. The van der Waals surface area contributed by atoms with Crippen LogP contribution in [0.2, 0.25) is 0 Å². The minimum Gasteiger partial charge on any atom is -0.493 e. The van der Waals surface area contributed by atoms with Gasteiger partial charge in [0.1, 0.15) is 25.9 Å². The van der Waals surface area contributed by atoms with E-state index in [-0.39, 0.29) is 55.6 Å². The van der Waals surface area contributed by atoms with Crippen LogP contribution >= 0.6 is 0 Å². The fourth-order valence-corrected chi connectivity index (χ4v) is 5.47. The predicted octanol–water partition coefficient (Wildman–Crippen LogP) is 3.51. The highest BCUT2D eigenvalue weighted by Crippen LogP contribution is 2.41. The fourth-order valence-electron chi connectivity index (χ4n) is 5.47. The van der Waals surface area contributed by atoms with Crippen molar-refractivity contribution in [1.82, 2.24) is 10.2 Å². The smallest absolute Gasteiger partial charge is 0.416 e. The van der Waals surface area contributed by atoms with E-state index >= 15 is 0 Å². The Morgan fingerprint density at radius 3 is 2.35 bits per heavy atom. The van der Waals surface area contributed by atoms with Gasteiger partial charge in [-0.25, -0.2) is 19.3 Å². The summed E-state index contributed by atoms with van der Waals surface area (Å²) in [5.74, 6) is -1.10. The van der Waals surface area contributed by atoms with Crippen molar-refractivity contribution >= 4 is 41.3 Å². The van der Waals surface area contributed by atoms with Crippen LogP contribution in [0.25, 0.3) is 0 Å². The molecule has 4 amide bonds. The Kier molecular flexibility index (Phi) is 12.6. The number of hydrogen-bond acceptors (Lipinski definition) is 11. The van der Waals surface area contributed by atoms with Crippen molar-refractivity contribution in [1.29, 1.82) is 0 Å².